The maximum absolute atomic E-state index is 11.4. The van der Waals surface area contributed by atoms with E-state index < -0.39 is 0 Å². The largest absolute Gasteiger partial charge is 0.462 e. The summed E-state index contributed by atoms with van der Waals surface area (Å²) in [7, 11) is 1.91. The minimum atomic E-state index is -0.263. The van der Waals surface area contributed by atoms with Gasteiger partial charge in [-0.05, 0) is 38.6 Å². The van der Waals surface area contributed by atoms with Gasteiger partial charge in [-0.2, -0.15) is 0 Å². The number of carbonyl (C=O) groups is 1. The molecule has 1 rings (SSSR count). The van der Waals surface area contributed by atoms with E-state index in [0.717, 1.165) is 5.56 Å². The molecule has 0 unspecified atom stereocenters. The summed E-state index contributed by atoms with van der Waals surface area (Å²) in [5, 5.41) is 3.14. The molecule has 1 atom stereocenters. The first-order chi connectivity index (χ1) is 7.19. The smallest absolute Gasteiger partial charge is 0.338 e. The molecular formula is C12H18ClNO2. The first-order valence-electron chi connectivity index (χ1n) is 5.13. The van der Waals surface area contributed by atoms with Crippen LogP contribution in [0.4, 0.5) is 0 Å². The molecular weight excluding hydrogens is 226 g/mol. The van der Waals surface area contributed by atoms with E-state index in [2.05, 4.69) is 12.2 Å². The van der Waals surface area contributed by atoms with Gasteiger partial charge in [-0.15, -0.1) is 12.4 Å². The lowest BCUT2D eigenvalue weighted by Gasteiger charge is -2.10. The Morgan fingerprint density at radius 3 is 2.38 bits per heavy atom. The van der Waals surface area contributed by atoms with Crippen LogP contribution in [0.15, 0.2) is 24.3 Å². The minimum absolute atomic E-state index is 0. The molecule has 0 radical (unpaired) electrons. The summed E-state index contributed by atoms with van der Waals surface area (Å²) in [6.45, 7) is 4.28. The van der Waals surface area contributed by atoms with Gasteiger partial charge in [0.05, 0.1) is 12.2 Å². The van der Waals surface area contributed by atoms with E-state index in [9.17, 15) is 4.79 Å². The van der Waals surface area contributed by atoms with Gasteiger partial charge in [0.15, 0.2) is 0 Å². The number of hydrogen-bond acceptors (Lipinski definition) is 3. The summed E-state index contributed by atoms with van der Waals surface area (Å²) in [6.07, 6.45) is 0. The van der Waals surface area contributed by atoms with Crippen LogP contribution in [-0.4, -0.2) is 19.6 Å². The summed E-state index contributed by atoms with van der Waals surface area (Å²) in [4.78, 5) is 11.4. The van der Waals surface area contributed by atoms with Gasteiger partial charge in [-0.1, -0.05) is 12.1 Å². The van der Waals surface area contributed by atoms with Crippen molar-refractivity contribution in [3.63, 3.8) is 0 Å². The molecule has 3 nitrogen and oxygen atoms in total. The van der Waals surface area contributed by atoms with Gasteiger partial charge in [0.1, 0.15) is 0 Å². The van der Waals surface area contributed by atoms with Gasteiger partial charge in [0.25, 0.3) is 0 Å². The molecule has 0 saturated heterocycles. The van der Waals surface area contributed by atoms with E-state index >= 15 is 0 Å². The predicted molar refractivity (Wildman–Crippen MR) is 67.1 cm³/mol. The van der Waals surface area contributed by atoms with Crippen LogP contribution in [0.2, 0.25) is 0 Å². The van der Waals surface area contributed by atoms with Crippen LogP contribution in [0.5, 0.6) is 0 Å². The van der Waals surface area contributed by atoms with Crippen LogP contribution in [0.25, 0.3) is 0 Å². The maximum Gasteiger partial charge on any atom is 0.338 e. The van der Waals surface area contributed by atoms with Crippen molar-refractivity contribution in [1.29, 1.82) is 0 Å². The van der Waals surface area contributed by atoms with E-state index in [1.54, 1.807) is 19.1 Å². The number of carbonyl (C=O) groups excluding carboxylic acids is 1. The number of benzene rings is 1. The quantitative estimate of drug-likeness (QED) is 0.826. The summed E-state index contributed by atoms with van der Waals surface area (Å²) in [5.74, 6) is -0.263. The highest BCUT2D eigenvalue weighted by Gasteiger charge is 2.07. The third-order valence-corrected chi connectivity index (χ3v) is 2.35. The standard InChI is InChI=1S/C12H17NO2.ClH/c1-4-15-12(14)11-7-5-10(6-8-11)9(2)13-3;/h5-9,13H,4H2,1-3H3;1H/t9-;/m0./s1. The molecule has 0 aromatic heterocycles. The average molecular weight is 244 g/mol. The number of hydrogen-bond donors (Lipinski definition) is 1. The monoisotopic (exact) mass is 243 g/mol. The highest BCUT2D eigenvalue weighted by Crippen LogP contribution is 2.13. The molecule has 4 heteroatoms. The van der Waals surface area contributed by atoms with Crippen molar-refractivity contribution in [3.05, 3.63) is 35.4 Å². The molecule has 0 bridgehead atoms. The molecule has 1 N–H and O–H groups in total. The second-order valence-corrected chi connectivity index (χ2v) is 3.35. The molecule has 90 valence electrons. The van der Waals surface area contributed by atoms with Crippen molar-refractivity contribution in [2.24, 2.45) is 0 Å². The summed E-state index contributed by atoms with van der Waals surface area (Å²) < 4.78 is 4.90. The number of esters is 1. The Balaban J connectivity index is 0.00000225. The van der Waals surface area contributed by atoms with Crippen LogP contribution in [0.3, 0.4) is 0 Å². The van der Waals surface area contributed by atoms with E-state index in [-0.39, 0.29) is 18.4 Å². The van der Waals surface area contributed by atoms with Crippen molar-refractivity contribution in [1.82, 2.24) is 5.32 Å². The molecule has 0 heterocycles. The molecule has 0 spiro atoms. The SMILES string of the molecule is CCOC(=O)c1ccc([C@H](C)NC)cc1.Cl. The first kappa shape index (κ1) is 14.9. The second kappa shape index (κ2) is 7.25. The van der Waals surface area contributed by atoms with Gasteiger partial charge in [-0.25, -0.2) is 4.79 Å². The molecule has 1 aromatic rings. The Morgan fingerprint density at radius 1 is 1.38 bits per heavy atom. The molecule has 0 aliphatic heterocycles. The highest BCUT2D eigenvalue weighted by molar-refractivity contribution is 5.89. The van der Waals surface area contributed by atoms with E-state index in [1.807, 2.05) is 19.2 Å². The molecule has 0 fully saturated rings. The van der Waals surface area contributed by atoms with Crippen LogP contribution >= 0.6 is 12.4 Å². The molecule has 1 aromatic carbocycles. The number of nitrogens with one attached hydrogen (secondary N) is 1. The Bertz CT molecular complexity index is 324. The molecule has 0 aliphatic rings. The molecule has 16 heavy (non-hydrogen) atoms. The van der Waals surface area contributed by atoms with E-state index in [1.165, 1.54) is 0 Å². The van der Waals surface area contributed by atoms with Gasteiger partial charge in [0, 0.05) is 6.04 Å². The van der Waals surface area contributed by atoms with Crippen LogP contribution in [0, 0.1) is 0 Å². The van der Waals surface area contributed by atoms with Crippen molar-refractivity contribution >= 4 is 18.4 Å². The van der Waals surface area contributed by atoms with Gasteiger partial charge in [0.2, 0.25) is 0 Å². The molecule has 0 aliphatic carbocycles. The van der Waals surface area contributed by atoms with Gasteiger partial charge >= 0.3 is 5.97 Å². The topological polar surface area (TPSA) is 38.3 Å². The van der Waals surface area contributed by atoms with E-state index in [4.69, 9.17) is 4.74 Å². The zero-order valence-corrected chi connectivity index (χ0v) is 10.6. The van der Waals surface area contributed by atoms with E-state index in [0.29, 0.717) is 18.2 Å². The Kier molecular flexibility index (Phi) is 6.77. The Labute approximate surface area is 103 Å². The number of rotatable bonds is 4. The van der Waals surface area contributed by atoms with Crippen LogP contribution in [-0.2, 0) is 4.74 Å². The number of halogens is 1. The zero-order valence-electron chi connectivity index (χ0n) is 9.82. The molecule has 0 amide bonds. The normalized spacial score (nSPS) is 11.4. The lowest BCUT2D eigenvalue weighted by atomic mass is 10.1. The fourth-order valence-electron chi connectivity index (χ4n) is 1.29. The fourth-order valence-corrected chi connectivity index (χ4v) is 1.29. The van der Waals surface area contributed by atoms with Crippen molar-refractivity contribution in [2.75, 3.05) is 13.7 Å². The van der Waals surface area contributed by atoms with Gasteiger partial charge in [-0.3, -0.25) is 0 Å². The summed E-state index contributed by atoms with van der Waals surface area (Å²) in [5.41, 5.74) is 1.76. The summed E-state index contributed by atoms with van der Waals surface area (Å²) >= 11 is 0. The Hall–Kier alpha value is -1.06. The van der Waals surface area contributed by atoms with Crippen molar-refractivity contribution < 1.29 is 9.53 Å². The second-order valence-electron chi connectivity index (χ2n) is 3.35. The predicted octanol–water partition coefficient (Wildman–Crippen LogP) is 2.57. The average Bonchev–Trinajstić information content (AvgIpc) is 2.28. The van der Waals surface area contributed by atoms with Crippen LogP contribution in [0.1, 0.15) is 35.8 Å². The van der Waals surface area contributed by atoms with Crippen molar-refractivity contribution in [2.45, 2.75) is 19.9 Å². The lowest BCUT2D eigenvalue weighted by molar-refractivity contribution is 0.0526. The number of ether oxygens (including phenoxy) is 1. The van der Waals surface area contributed by atoms with Crippen LogP contribution < -0.4 is 5.32 Å². The lowest BCUT2D eigenvalue weighted by Crippen LogP contribution is -2.12. The fraction of sp³-hybridized carbons (Fsp3) is 0.417. The van der Waals surface area contributed by atoms with Gasteiger partial charge < -0.3 is 10.1 Å². The maximum atomic E-state index is 11.4. The first-order valence-corrected chi connectivity index (χ1v) is 5.13. The molecule has 0 saturated carbocycles. The minimum Gasteiger partial charge on any atom is -0.462 e. The van der Waals surface area contributed by atoms with Crippen molar-refractivity contribution in [3.8, 4) is 0 Å². The highest BCUT2D eigenvalue weighted by atomic mass is 35.5. The third kappa shape index (κ3) is 3.83. The summed E-state index contributed by atoms with van der Waals surface area (Å²) in [6, 6.07) is 7.75. The Morgan fingerprint density at radius 2 is 1.94 bits per heavy atom. The third-order valence-electron chi connectivity index (χ3n) is 2.35. The zero-order chi connectivity index (χ0) is 11.3.